The Morgan fingerprint density at radius 2 is 1.79 bits per heavy atom. The molecule has 178 valence electrons. The highest BCUT2D eigenvalue weighted by atomic mass is 32.2. The number of hydrogen-bond acceptors (Lipinski definition) is 8. The summed E-state index contributed by atoms with van der Waals surface area (Å²) >= 11 is 0. The van der Waals surface area contributed by atoms with Crippen LogP contribution in [0.25, 0.3) is 0 Å². The van der Waals surface area contributed by atoms with E-state index in [1.165, 1.54) is 25.1 Å². The van der Waals surface area contributed by atoms with Gasteiger partial charge >= 0.3 is 0 Å². The zero-order chi connectivity index (χ0) is 23.8. The van der Waals surface area contributed by atoms with Gasteiger partial charge in [-0.2, -0.15) is 0 Å². The van der Waals surface area contributed by atoms with Crippen LogP contribution in [-0.2, 0) is 14.8 Å². The second-order valence-electron chi connectivity index (χ2n) is 7.80. The van der Waals surface area contributed by atoms with Crippen LogP contribution in [0, 0.1) is 0 Å². The molecule has 1 aliphatic heterocycles. The van der Waals surface area contributed by atoms with Gasteiger partial charge in [0.15, 0.2) is 0 Å². The lowest BCUT2D eigenvalue weighted by Gasteiger charge is -2.34. The minimum Gasteiger partial charge on any atom is -0.352 e. The van der Waals surface area contributed by atoms with Crippen molar-refractivity contribution in [2.24, 2.45) is 0 Å². The van der Waals surface area contributed by atoms with Crippen LogP contribution in [0.3, 0.4) is 0 Å². The molecular weight excluding hydrogens is 446 g/mol. The molecule has 0 spiro atoms. The first-order valence-electron chi connectivity index (χ1n) is 10.6. The highest BCUT2D eigenvalue weighted by molar-refractivity contribution is 7.92. The third-order valence-corrected chi connectivity index (χ3v) is 5.61. The zero-order valence-corrected chi connectivity index (χ0v) is 19.6. The van der Waals surface area contributed by atoms with E-state index >= 15 is 0 Å². The van der Waals surface area contributed by atoms with Crippen LogP contribution in [0.5, 0.6) is 0 Å². The average Bonchev–Trinajstić information content (AvgIpc) is 2.77. The average molecular weight is 476 g/mol. The molecule has 1 aromatic heterocycles. The number of hydrogen-bond donors (Lipinski definition) is 3. The van der Waals surface area contributed by atoms with Gasteiger partial charge < -0.3 is 15.5 Å². The molecule has 0 aliphatic carbocycles. The molecule has 0 saturated carbocycles. The van der Waals surface area contributed by atoms with Gasteiger partial charge in [0.1, 0.15) is 0 Å². The van der Waals surface area contributed by atoms with Crippen molar-refractivity contribution in [2.75, 3.05) is 60.5 Å². The number of carbonyl (C=O) groups is 2. The van der Waals surface area contributed by atoms with Crippen LogP contribution >= 0.6 is 0 Å². The summed E-state index contributed by atoms with van der Waals surface area (Å²) in [6.07, 6.45) is 5.23. The molecule has 2 aromatic rings. The summed E-state index contributed by atoms with van der Waals surface area (Å²) in [5.41, 5.74) is 0.707. The molecule has 33 heavy (non-hydrogen) atoms. The van der Waals surface area contributed by atoms with Gasteiger partial charge in [-0.25, -0.2) is 18.4 Å². The minimum absolute atomic E-state index is 0.142. The van der Waals surface area contributed by atoms with Crippen LogP contribution in [0.15, 0.2) is 36.7 Å². The van der Waals surface area contributed by atoms with Crippen molar-refractivity contribution in [1.82, 2.24) is 20.2 Å². The number of benzene rings is 1. The summed E-state index contributed by atoms with van der Waals surface area (Å²) in [5, 5.41) is 5.44. The van der Waals surface area contributed by atoms with E-state index in [0.29, 0.717) is 12.2 Å². The quantitative estimate of drug-likeness (QED) is 0.452. The van der Waals surface area contributed by atoms with Gasteiger partial charge in [-0.3, -0.25) is 19.2 Å². The van der Waals surface area contributed by atoms with Crippen LogP contribution in [0.2, 0.25) is 0 Å². The van der Waals surface area contributed by atoms with Gasteiger partial charge in [0, 0.05) is 57.7 Å². The van der Waals surface area contributed by atoms with Crippen molar-refractivity contribution in [2.45, 2.75) is 13.3 Å². The first-order valence-corrected chi connectivity index (χ1v) is 12.5. The van der Waals surface area contributed by atoms with Crippen molar-refractivity contribution in [3.05, 3.63) is 42.2 Å². The molecule has 0 atom stereocenters. The molecule has 1 fully saturated rings. The van der Waals surface area contributed by atoms with E-state index in [1.807, 2.05) is 0 Å². The fraction of sp³-hybridized carbons (Fsp3) is 0.429. The van der Waals surface area contributed by atoms with Crippen molar-refractivity contribution in [1.29, 1.82) is 0 Å². The summed E-state index contributed by atoms with van der Waals surface area (Å²) in [7, 11) is -3.57. The normalized spacial score (nSPS) is 14.5. The fourth-order valence-corrected chi connectivity index (χ4v) is 4.11. The molecule has 1 aliphatic rings. The van der Waals surface area contributed by atoms with E-state index in [4.69, 9.17) is 0 Å². The van der Waals surface area contributed by atoms with Crippen LogP contribution in [-0.4, -0.2) is 80.6 Å². The monoisotopic (exact) mass is 475 g/mol. The number of piperazine rings is 1. The smallest absolute Gasteiger partial charge is 0.253 e. The first-order chi connectivity index (χ1) is 15.7. The molecule has 3 N–H and O–H groups in total. The number of rotatable bonds is 9. The molecule has 11 nitrogen and oxygen atoms in total. The molecule has 3 rings (SSSR count). The Balaban J connectivity index is 1.50. The maximum Gasteiger partial charge on any atom is 0.253 e. The second-order valence-corrected chi connectivity index (χ2v) is 9.55. The van der Waals surface area contributed by atoms with E-state index in [2.05, 4.69) is 35.1 Å². The number of anilines is 3. The SMILES string of the molecule is CC(=O)Nc1ccc(NS(C)(=O)=O)c(C(=O)NCCCN2CCN(c3ncccn3)CC2)c1. The predicted octanol–water partition coefficient (Wildman–Crippen LogP) is 0.749. The topological polar surface area (TPSA) is 137 Å². The molecule has 0 radical (unpaired) electrons. The summed E-state index contributed by atoms with van der Waals surface area (Å²) in [6, 6.07) is 6.24. The van der Waals surface area contributed by atoms with Gasteiger partial charge in [0.25, 0.3) is 5.91 Å². The standard InChI is InChI=1S/C21H29N7O4S/c1-16(29)25-17-5-6-19(26-33(2,31)32)18(15-17)20(30)22-9-4-10-27-11-13-28(14-12-27)21-23-7-3-8-24-21/h3,5-8,15,26H,4,9-14H2,1-2H3,(H,22,30)(H,25,29). The summed E-state index contributed by atoms with van der Waals surface area (Å²) in [4.78, 5) is 37.1. The summed E-state index contributed by atoms with van der Waals surface area (Å²) in [5.74, 6) is 0.0351. The Morgan fingerprint density at radius 1 is 1.09 bits per heavy atom. The van der Waals surface area contributed by atoms with E-state index in [0.717, 1.165) is 51.3 Å². The van der Waals surface area contributed by atoms with E-state index in [-0.39, 0.29) is 17.2 Å². The van der Waals surface area contributed by atoms with E-state index < -0.39 is 15.9 Å². The number of aromatic nitrogens is 2. The Bertz CT molecular complexity index is 1070. The second kappa shape index (κ2) is 11.1. The van der Waals surface area contributed by atoms with E-state index in [9.17, 15) is 18.0 Å². The number of nitrogens with zero attached hydrogens (tertiary/aromatic N) is 4. The van der Waals surface area contributed by atoms with Crippen molar-refractivity contribution < 1.29 is 18.0 Å². The Morgan fingerprint density at radius 3 is 2.42 bits per heavy atom. The molecule has 12 heteroatoms. The molecule has 2 heterocycles. The Hall–Kier alpha value is -3.25. The van der Waals surface area contributed by atoms with Crippen LogP contribution in [0.4, 0.5) is 17.3 Å². The maximum absolute atomic E-state index is 12.7. The van der Waals surface area contributed by atoms with E-state index in [1.54, 1.807) is 18.5 Å². The van der Waals surface area contributed by atoms with Crippen LogP contribution < -0.4 is 20.3 Å². The van der Waals surface area contributed by atoms with Crippen molar-refractivity contribution in [3.63, 3.8) is 0 Å². The predicted molar refractivity (Wildman–Crippen MR) is 127 cm³/mol. The minimum atomic E-state index is -3.57. The lowest BCUT2D eigenvalue weighted by molar-refractivity contribution is -0.114. The summed E-state index contributed by atoms with van der Waals surface area (Å²) in [6.45, 7) is 6.06. The number of nitrogens with one attached hydrogen (secondary N) is 3. The van der Waals surface area contributed by atoms with Gasteiger partial charge in [-0.1, -0.05) is 0 Å². The third-order valence-electron chi connectivity index (χ3n) is 5.02. The van der Waals surface area contributed by atoms with Gasteiger partial charge in [-0.15, -0.1) is 0 Å². The Kier molecular flexibility index (Phi) is 8.17. The number of carbonyl (C=O) groups excluding carboxylic acids is 2. The highest BCUT2D eigenvalue weighted by Crippen LogP contribution is 2.22. The zero-order valence-electron chi connectivity index (χ0n) is 18.7. The van der Waals surface area contributed by atoms with Gasteiger partial charge in [-0.05, 0) is 37.2 Å². The number of amides is 2. The Labute approximate surface area is 193 Å². The molecular formula is C21H29N7O4S. The van der Waals surface area contributed by atoms with Gasteiger partial charge in [0.05, 0.1) is 17.5 Å². The fourth-order valence-electron chi connectivity index (χ4n) is 3.53. The molecule has 1 aromatic carbocycles. The molecule has 0 unspecified atom stereocenters. The lowest BCUT2D eigenvalue weighted by Crippen LogP contribution is -2.47. The third kappa shape index (κ3) is 7.68. The van der Waals surface area contributed by atoms with Crippen molar-refractivity contribution in [3.8, 4) is 0 Å². The van der Waals surface area contributed by atoms with Crippen LogP contribution in [0.1, 0.15) is 23.7 Å². The number of sulfonamides is 1. The van der Waals surface area contributed by atoms with Gasteiger partial charge in [0.2, 0.25) is 21.9 Å². The highest BCUT2D eigenvalue weighted by Gasteiger charge is 2.19. The van der Waals surface area contributed by atoms with Crippen molar-refractivity contribution >= 4 is 39.2 Å². The summed E-state index contributed by atoms with van der Waals surface area (Å²) < 4.78 is 25.7. The maximum atomic E-state index is 12.7. The molecule has 2 amide bonds. The largest absolute Gasteiger partial charge is 0.352 e. The first kappa shape index (κ1) is 24.4. The lowest BCUT2D eigenvalue weighted by atomic mass is 10.1. The molecule has 1 saturated heterocycles. The molecule has 0 bridgehead atoms.